The fourth-order valence-corrected chi connectivity index (χ4v) is 1.80. The minimum absolute atomic E-state index is 0.208. The molecule has 0 aliphatic carbocycles. The first-order valence-corrected chi connectivity index (χ1v) is 5.38. The molecule has 6 nitrogen and oxygen atoms in total. The van der Waals surface area contributed by atoms with Crippen LogP contribution in [0.5, 0.6) is 0 Å². The minimum Gasteiger partial charge on any atom is -0.453 e. The number of rotatable bonds is 2. The zero-order chi connectivity index (χ0) is 12.1. The van der Waals surface area contributed by atoms with Crippen LogP contribution in [0.15, 0.2) is 0 Å². The van der Waals surface area contributed by atoms with Crippen molar-refractivity contribution in [2.24, 2.45) is 11.7 Å². The number of likely N-dealkylation sites (tertiary alicyclic amines) is 1. The fourth-order valence-electron chi connectivity index (χ4n) is 1.80. The molecule has 0 bridgehead atoms. The number of nitrogens with zero attached hydrogens (tertiary/aromatic N) is 1. The van der Waals surface area contributed by atoms with Gasteiger partial charge in [0.05, 0.1) is 13.7 Å². The summed E-state index contributed by atoms with van der Waals surface area (Å²) in [7, 11) is 1.23. The van der Waals surface area contributed by atoms with E-state index in [0.717, 1.165) is 19.5 Å². The normalized spacial score (nSPS) is 26.2. The van der Waals surface area contributed by atoms with Gasteiger partial charge in [0.2, 0.25) is 5.91 Å². The maximum absolute atomic E-state index is 11.4. The molecule has 0 spiro atoms. The Hall–Kier alpha value is -1.14. The van der Waals surface area contributed by atoms with Crippen LogP contribution in [-0.4, -0.2) is 49.7 Å². The number of hydrogen-bond acceptors (Lipinski definition) is 5. The third-order valence-corrected chi connectivity index (χ3v) is 2.85. The SMILES string of the molecule is COC(=O)NC(=O)CN1CCC(N)C(C)C1. The van der Waals surface area contributed by atoms with E-state index < -0.39 is 6.09 Å². The van der Waals surface area contributed by atoms with E-state index in [-0.39, 0.29) is 18.5 Å². The number of nitrogens with two attached hydrogens (primary N) is 1. The summed E-state index contributed by atoms with van der Waals surface area (Å²) in [6, 6.07) is 0.208. The summed E-state index contributed by atoms with van der Waals surface area (Å²) >= 11 is 0. The number of nitrogens with one attached hydrogen (secondary N) is 1. The molecule has 1 fully saturated rings. The van der Waals surface area contributed by atoms with E-state index in [1.54, 1.807) is 0 Å². The van der Waals surface area contributed by atoms with Crippen LogP contribution >= 0.6 is 0 Å². The predicted molar refractivity (Wildman–Crippen MR) is 58.7 cm³/mol. The van der Waals surface area contributed by atoms with E-state index in [1.807, 2.05) is 4.90 Å². The highest BCUT2D eigenvalue weighted by Crippen LogP contribution is 2.14. The molecule has 1 heterocycles. The van der Waals surface area contributed by atoms with Crippen LogP contribution in [0.2, 0.25) is 0 Å². The van der Waals surface area contributed by atoms with Gasteiger partial charge in [0.1, 0.15) is 0 Å². The second kappa shape index (κ2) is 5.81. The lowest BCUT2D eigenvalue weighted by atomic mass is 9.95. The van der Waals surface area contributed by atoms with Crippen molar-refractivity contribution in [2.75, 3.05) is 26.7 Å². The Labute approximate surface area is 95.1 Å². The Morgan fingerprint density at radius 2 is 2.25 bits per heavy atom. The summed E-state index contributed by atoms with van der Waals surface area (Å²) in [5, 5.41) is 2.13. The molecule has 0 aromatic carbocycles. The van der Waals surface area contributed by atoms with Crippen LogP contribution in [-0.2, 0) is 9.53 Å². The number of piperidine rings is 1. The minimum atomic E-state index is -0.716. The molecule has 1 aliphatic heterocycles. The van der Waals surface area contributed by atoms with Crippen molar-refractivity contribution < 1.29 is 14.3 Å². The second-order valence-electron chi connectivity index (χ2n) is 4.20. The molecule has 0 saturated carbocycles. The number of carbonyl (C=O) groups is 2. The van der Waals surface area contributed by atoms with Crippen molar-refractivity contribution in [3.8, 4) is 0 Å². The van der Waals surface area contributed by atoms with Crippen molar-refractivity contribution in [1.82, 2.24) is 10.2 Å². The van der Waals surface area contributed by atoms with Crippen LogP contribution in [0.3, 0.4) is 0 Å². The lowest BCUT2D eigenvalue weighted by Gasteiger charge is -2.34. The number of hydrogen-bond donors (Lipinski definition) is 2. The molecule has 0 aromatic rings. The summed E-state index contributed by atoms with van der Waals surface area (Å²) in [5.41, 5.74) is 5.87. The van der Waals surface area contributed by atoms with E-state index >= 15 is 0 Å². The smallest absolute Gasteiger partial charge is 0.413 e. The molecule has 3 N–H and O–H groups in total. The average molecular weight is 229 g/mol. The van der Waals surface area contributed by atoms with E-state index in [9.17, 15) is 9.59 Å². The highest BCUT2D eigenvalue weighted by atomic mass is 16.5. The van der Waals surface area contributed by atoms with E-state index in [4.69, 9.17) is 5.73 Å². The highest BCUT2D eigenvalue weighted by Gasteiger charge is 2.24. The van der Waals surface area contributed by atoms with Crippen LogP contribution in [0.25, 0.3) is 0 Å². The Balaban J connectivity index is 2.32. The van der Waals surface area contributed by atoms with Gasteiger partial charge in [-0.2, -0.15) is 0 Å². The number of ether oxygens (including phenoxy) is 1. The molecule has 1 aliphatic rings. The molecule has 0 radical (unpaired) electrons. The molecular weight excluding hydrogens is 210 g/mol. The number of imide groups is 1. The van der Waals surface area contributed by atoms with Gasteiger partial charge in [-0.25, -0.2) is 4.79 Å². The topological polar surface area (TPSA) is 84.7 Å². The van der Waals surface area contributed by atoms with Gasteiger partial charge in [-0.15, -0.1) is 0 Å². The van der Waals surface area contributed by atoms with Crippen molar-refractivity contribution in [3.05, 3.63) is 0 Å². The Kier molecular flexibility index (Phi) is 4.70. The van der Waals surface area contributed by atoms with E-state index in [1.165, 1.54) is 7.11 Å². The second-order valence-corrected chi connectivity index (χ2v) is 4.20. The Morgan fingerprint density at radius 3 is 2.81 bits per heavy atom. The molecule has 6 heteroatoms. The molecule has 2 atom stereocenters. The average Bonchev–Trinajstić information content (AvgIpc) is 2.23. The number of alkyl carbamates (subject to hydrolysis) is 1. The lowest BCUT2D eigenvalue weighted by Crippen LogP contribution is -2.49. The first-order chi connectivity index (χ1) is 7.52. The van der Waals surface area contributed by atoms with Crippen molar-refractivity contribution >= 4 is 12.0 Å². The lowest BCUT2D eigenvalue weighted by molar-refractivity contribution is -0.122. The molecule has 1 saturated heterocycles. The number of methoxy groups -OCH3 is 1. The summed E-state index contributed by atoms with van der Waals surface area (Å²) in [5.74, 6) is 0.0363. The third-order valence-electron chi connectivity index (χ3n) is 2.85. The molecule has 92 valence electrons. The zero-order valence-electron chi connectivity index (χ0n) is 9.73. The van der Waals surface area contributed by atoms with E-state index in [0.29, 0.717) is 5.92 Å². The Morgan fingerprint density at radius 1 is 1.56 bits per heavy atom. The van der Waals surface area contributed by atoms with Crippen molar-refractivity contribution in [2.45, 2.75) is 19.4 Å². The largest absolute Gasteiger partial charge is 0.453 e. The van der Waals surface area contributed by atoms with Gasteiger partial charge in [0, 0.05) is 19.1 Å². The van der Waals surface area contributed by atoms with Gasteiger partial charge >= 0.3 is 6.09 Å². The van der Waals surface area contributed by atoms with Gasteiger partial charge in [-0.05, 0) is 12.3 Å². The van der Waals surface area contributed by atoms with Crippen LogP contribution < -0.4 is 11.1 Å². The number of amides is 2. The molecule has 2 unspecified atom stereocenters. The number of carbonyl (C=O) groups excluding carboxylic acids is 2. The van der Waals surface area contributed by atoms with E-state index in [2.05, 4.69) is 17.0 Å². The molecule has 1 rings (SSSR count). The standard InChI is InChI=1S/C10H19N3O3/c1-7-5-13(4-3-8(7)11)6-9(14)12-10(15)16-2/h7-8H,3-6,11H2,1-2H3,(H,12,14,15). The highest BCUT2D eigenvalue weighted by molar-refractivity contribution is 5.92. The molecule has 16 heavy (non-hydrogen) atoms. The fraction of sp³-hybridized carbons (Fsp3) is 0.800. The summed E-state index contributed by atoms with van der Waals surface area (Å²) < 4.78 is 4.34. The Bertz CT molecular complexity index is 270. The van der Waals surface area contributed by atoms with Gasteiger partial charge in [-0.1, -0.05) is 6.92 Å². The van der Waals surface area contributed by atoms with Crippen molar-refractivity contribution in [3.63, 3.8) is 0 Å². The van der Waals surface area contributed by atoms with Crippen LogP contribution in [0, 0.1) is 5.92 Å². The summed E-state index contributed by atoms with van der Waals surface area (Å²) in [6.45, 7) is 3.86. The quantitative estimate of drug-likeness (QED) is 0.669. The van der Waals surface area contributed by atoms with Gasteiger partial charge < -0.3 is 10.5 Å². The van der Waals surface area contributed by atoms with Gasteiger partial charge in [-0.3, -0.25) is 15.0 Å². The van der Waals surface area contributed by atoms with Gasteiger partial charge in [0.25, 0.3) is 0 Å². The monoisotopic (exact) mass is 229 g/mol. The van der Waals surface area contributed by atoms with Crippen molar-refractivity contribution in [1.29, 1.82) is 0 Å². The van der Waals surface area contributed by atoms with Crippen LogP contribution in [0.4, 0.5) is 4.79 Å². The predicted octanol–water partition coefficient (Wildman–Crippen LogP) is -0.462. The van der Waals surface area contributed by atoms with Gasteiger partial charge in [0.15, 0.2) is 0 Å². The maximum atomic E-state index is 11.4. The summed E-state index contributed by atoms with van der Waals surface area (Å²) in [4.78, 5) is 24.2. The first kappa shape index (κ1) is 12.9. The van der Waals surface area contributed by atoms with Crippen LogP contribution in [0.1, 0.15) is 13.3 Å². The first-order valence-electron chi connectivity index (χ1n) is 5.38. The molecular formula is C10H19N3O3. The zero-order valence-corrected chi connectivity index (χ0v) is 9.73. The molecule has 0 aromatic heterocycles. The molecule has 2 amide bonds. The maximum Gasteiger partial charge on any atom is 0.413 e. The summed E-state index contributed by atoms with van der Waals surface area (Å²) in [6.07, 6.45) is 0.166. The third kappa shape index (κ3) is 3.79.